The Morgan fingerprint density at radius 3 is 2.00 bits per heavy atom. The van der Waals surface area contributed by atoms with Crippen molar-refractivity contribution in [1.82, 2.24) is 4.90 Å². The second kappa shape index (κ2) is 10.2. The predicted octanol–water partition coefficient (Wildman–Crippen LogP) is 3.45. The van der Waals surface area contributed by atoms with Crippen molar-refractivity contribution < 1.29 is 19.1 Å². The van der Waals surface area contributed by atoms with Crippen molar-refractivity contribution in [2.75, 3.05) is 26.3 Å². The topological polar surface area (TPSA) is 55.8 Å². The third kappa shape index (κ3) is 5.39. The Bertz CT molecular complexity index is 487. The molecular formula is C19H31NO4. The van der Waals surface area contributed by atoms with E-state index in [1.807, 2.05) is 4.90 Å². The molecule has 0 aromatic carbocycles. The average molecular weight is 337 g/mol. The molecule has 0 saturated heterocycles. The molecule has 24 heavy (non-hydrogen) atoms. The van der Waals surface area contributed by atoms with Gasteiger partial charge in [0.1, 0.15) is 13.1 Å². The summed E-state index contributed by atoms with van der Waals surface area (Å²) in [5, 5.41) is 0. The minimum absolute atomic E-state index is 0.0650. The Kier molecular flexibility index (Phi) is 8.58. The van der Waals surface area contributed by atoms with Crippen LogP contribution >= 0.6 is 0 Å². The van der Waals surface area contributed by atoms with Crippen molar-refractivity contribution in [3.8, 4) is 0 Å². The molecule has 0 radical (unpaired) electrons. The summed E-state index contributed by atoms with van der Waals surface area (Å²) in [7, 11) is 0. The van der Waals surface area contributed by atoms with Crippen molar-refractivity contribution in [2.45, 2.75) is 53.9 Å². The van der Waals surface area contributed by atoms with Gasteiger partial charge in [-0.05, 0) is 50.2 Å². The SMILES string of the molecule is CCOC(=O)CN(CC(=O)OCC)C1=C(CC)C(C)CC=C1CC. The maximum atomic E-state index is 12.0. The van der Waals surface area contributed by atoms with Gasteiger partial charge < -0.3 is 14.4 Å². The molecule has 0 saturated carbocycles. The fourth-order valence-corrected chi connectivity index (χ4v) is 3.17. The number of nitrogens with zero attached hydrogens (tertiary/aromatic N) is 1. The first kappa shape index (κ1) is 20.3. The number of carbonyl (C=O) groups excluding carboxylic acids is 2. The van der Waals surface area contributed by atoms with Crippen LogP contribution in [-0.2, 0) is 19.1 Å². The first-order chi connectivity index (χ1) is 11.5. The molecule has 136 valence electrons. The lowest BCUT2D eigenvalue weighted by Crippen LogP contribution is -2.38. The molecule has 1 aliphatic carbocycles. The van der Waals surface area contributed by atoms with Crippen LogP contribution in [0.25, 0.3) is 0 Å². The highest BCUT2D eigenvalue weighted by Gasteiger charge is 2.27. The first-order valence-electron chi connectivity index (χ1n) is 8.96. The molecule has 0 N–H and O–H groups in total. The maximum Gasteiger partial charge on any atom is 0.325 e. The molecule has 5 nitrogen and oxygen atoms in total. The zero-order chi connectivity index (χ0) is 18.1. The summed E-state index contributed by atoms with van der Waals surface area (Å²) in [6, 6.07) is 0. The van der Waals surface area contributed by atoms with E-state index in [1.54, 1.807) is 13.8 Å². The molecule has 0 amide bonds. The minimum Gasteiger partial charge on any atom is -0.465 e. The van der Waals surface area contributed by atoms with Crippen molar-refractivity contribution in [1.29, 1.82) is 0 Å². The molecule has 1 atom stereocenters. The van der Waals surface area contributed by atoms with Crippen LogP contribution in [0.1, 0.15) is 53.9 Å². The lowest BCUT2D eigenvalue weighted by molar-refractivity contribution is -0.147. The average Bonchev–Trinajstić information content (AvgIpc) is 2.54. The molecule has 1 unspecified atom stereocenters. The third-order valence-electron chi connectivity index (χ3n) is 4.25. The molecule has 0 spiro atoms. The fraction of sp³-hybridized carbons (Fsp3) is 0.684. The van der Waals surface area contributed by atoms with Gasteiger partial charge in [0.2, 0.25) is 0 Å². The van der Waals surface area contributed by atoms with E-state index in [9.17, 15) is 9.59 Å². The maximum absolute atomic E-state index is 12.0. The van der Waals surface area contributed by atoms with Gasteiger partial charge in [-0.15, -0.1) is 0 Å². The number of carbonyl (C=O) groups is 2. The van der Waals surface area contributed by atoms with Crippen LogP contribution in [0.15, 0.2) is 22.9 Å². The zero-order valence-electron chi connectivity index (χ0n) is 15.7. The summed E-state index contributed by atoms with van der Waals surface area (Å²) < 4.78 is 10.2. The van der Waals surface area contributed by atoms with Crippen molar-refractivity contribution in [2.24, 2.45) is 5.92 Å². The highest BCUT2D eigenvalue weighted by molar-refractivity contribution is 5.76. The van der Waals surface area contributed by atoms with Gasteiger partial charge in [-0.25, -0.2) is 0 Å². The minimum atomic E-state index is -0.321. The molecular weight excluding hydrogens is 306 g/mol. The Morgan fingerprint density at radius 2 is 1.58 bits per heavy atom. The van der Waals surface area contributed by atoms with Gasteiger partial charge in [0.15, 0.2) is 0 Å². The van der Waals surface area contributed by atoms with Crippen LogP contribution in [0.3, 0.4) is 0 Å². The van der Waals surface area contributed by atoms with Gasteiger partial charge in [-0.3, -0.25) is 9.59 Å². The van der Waals surface area contributed by atoms with Gasteiger partial charge in [0, 0.05) is 5.70 Å². The van der Waals surface area contributed by atoms with Crippen LogP contribution in [-0.4, -0.2) is 43.1 Å². The lowest BCUT2D eigenvalue weighted by Gasteiger charge is -2.34. The molecule has 0 fully saturated rings. The number of esters is 2. The summed E-state index contributed by atoms with van der Waals surface area (Å²) in [6.45, 7) is 10.8. The number of rotatable bonds is 9. The van der Waals surface area contributed by atoms with Crippen LogP contribution in [0, 0.1) is 5.92 Å². The van der Waals surface area contributed by atoms with E-state index < -0.39 is 0 Å². The number of allylic oxidation sites excluding steroid dienone is 3. The Balaban J connectivity index is 3.18. The predicted molar refractivity (Wildman–Crippen MR) is 94.3 cm³/mol. The zero-order valence-corrected chi connectivity index (χ0v) is 15.7. The Morgan fingerprint density at radius 1 is 1.04 bits per heavy atom. The Hall–Kier alpha value is -1.78. The highest BCUT2D eigenvalue weighted by atomic mass is 16.5. The summed E-state index contributed by atoms with van der Waals surface area (Å²) in [4.78, 5) is 25.9. The molecule has 0 heterocycles. The van der Waals surface area contributed by atoms with E-state index in [4.69, 9.17) is 9.47 Å². The van der Waals surface area contributed by atoms with E-state index >= 15 is 0 Å². The molecule has 0 aromatic heterocycles. The molecule has 0 aliphatic heterocycles. The molecule has 1 rings (SSSR count). The summed E-state index contributed by atoms with van der Waals surface area (Å²) in [5.41, 5.74) is 3.52. The fourth-order valence-electron chi connectivity index (χ4n) is 3.17. The number of ether oxygens (including phenoxy) is 2. The smallest absolute Gasteiger partial charge is 0.325 e. The molecule has 5 heteroatoms. The monoisotopic (exact) mass is 337 g/mol. The summed E-state index contributed by atoms with van der Waals surface area (Å²) >= 11 is 0. The van der Waals surface area contributed by atoms with Gasteiger partial charge in [-0.1, -0.05) is 26.8 Å². The Labute approximate surface area is 145 Å². The normalized spacial score (nSPS) is 17.4. The highest BCUT2D eigenvalue weighted by Crippen LogP contribution is 2.35. The van der Waals surface area contributed by atoms with Gasteiger partial charge in [0.25, 0.3) is 0 Å². The van der Waals surface area contributed by atoms with Crippen molar-refractivity contribution in [3.63, 3.8) is 0 Å². The molecule has 0 bridgehead atoms. The number of hydrogen-bond acceptors (Lipinski definition) is 5. The summed E-state index contributed by atoms with van der Waals surface area (Å²) in [6.07, 6.45) is 4.99. The van der Waals surface area contributed by atoms with E-state index in [0.717, 1.165) is 25.0 Å². The van der Waals surface area contributed by atoms with Crippen LogP contribution in [0.4, 0.5) is 0 Å². The van der Waals surface area contributed by atoms with Crippen molar-refractivity contribution >= 4 is 11.9 Å². The quantitative estimate of drug-likeness (QED) is 0.603. The second-order valence-corrected chi connectivity index (χ2v) is 5.91. The van der Waals surface area contributed by atoms with Gasteiger partial charge in [0.05, 0.1) is 13.2 Å². The van der Waals surface area contributed by atoms with E-state index in [1.165, 1.54) is 11.1 Å². The van der Waals surface area contributed by atoms with Crippen LogP contribution in [0.5, 0.6) is 0 Å². The first-order valence-corrected chi connectivity index (χ1v) is 8.96. The van der Waals surface area contributed by atoms with E-state index in [0.29, 0.717) is 19.1 Å². The van der Waals surface area contributed by atoms with E-state index in [2.05, 4.69) is 26.8 Å². The van der Waals surface area contributed by atoms with Crippen LogP contribution < -0.4 is 0 Å². The lowest BCUT2D eigenvalue weighted by atomic mass is 9.84. The van der Waals surface area contributed by atoms with Gasteiger partial charge in [-0.2, -0.15) is 0 Å². The largest absolute Gasteiger partial charge is 0.465 e. The van der Waals surface area contributed by atoms with Crippen molar-refractivity contribution in [3.05, 3.63) is 22.9 Å². The second-order valence-electron chi connectivity index (χ2n) is 5.91. The molecule has 0 aromatic rings. The summed E-state index contributed by atoms with van der Waals surface area (Å²) in [5.74, 6) is -0.232. The third-order valence-corrected chi connectivity index (χ3v) is 4.25. The van der Waals surface area contributed by atoms with Gasteiger partial charge >= 0.3 is 11.9 Å². The standard InChI is InChI=1S/C19H31NO4/c1-6-15-11-10-14(5)16(7-2)19(15)20(12-17(21)23-8-3)13-18(22)24-9-4/h11,14H,6-10,12-13H2,1-5H3. The molecule has 1 aliphatic rings. The van der Waals surface area contributed by atoms with Crippen LogP contribution in [0.2, 0.25) is 0 Å². The number of hydrogen-bond donors (Lipinski definition) is 0. The van der Waals surface area contributed by atoms with E-state index in [-0.39, 0.29) is 25.0 Å².